The van der Waals surface area contributed by atoms with E-state index in [-0.39, 0.29) is 5.82 Å². The zero-order valence-electron chi connectivity index (χ0n) is 8.22. The van der Waals surface area contributed by atoms with E-state index in [0.717, 1.165) is 4.47 Å². The van der Waals surface area contributed by atoms with E-state index in [4.69, 9.17) is 0 Å². The Balaban J connectivity index is 2.07. The molecule has 0 spiro atoms. The fraction of sp³-hybridized carbons (Fsp3) is 0.455. The molecule has 2 rings (SSSR count). The van der Waals surface area contributed by atoms with Gasteiger partial charge in [-0.25, -0.2) is 8.78 Å². The number of likely N-dealkylation sites (tertiary alicyclic amines) is 1. The molecular formula is C11H12BrF2N. The molecule has 1 fully saturated rings. The number of alkyl halides is 1. The summed E-state index contributed by atoms with van der Waals surface area (Å²) in [6.45, 7) is 1.63. The Kier molecular flexibility index (Phi) is 3.36. The van der Waals surface area contributed by atoms with Crippen molar-refractivity contribution >= 4 is 15.9 Å². The van der Waals surface area contributed by atoms with Crippen LogP contribution < -0.4 is 0 Å². The largest absolute Gasteiger partial charge is 0.296 e. The summed E-state index contributed by atoms with van der Waals surface area (Å²) in [4.78, 5) is 1.94. The minimum atomic E-state index is -0.750. The van der Waals surface area contributed by atoms with Gasteiger partial charge < -0.3 is 0 Å². The zero-order chi connectivity index (χ0) is 10.8. The maximum Gasteiger partial charge on any atom is 0.127 e. The lowest BCUT2D eigenvalue weighted by molar-refractivity contribution is 0.279. The molecule has 0 radical (unpaired) electrons. The third kappa shape index (κ3) is 2.75. The molecule has 0 bridgehead atoms. The van der Waals surface area contributed by atoms with Crippen molar-refractivity contribution < 1.29 is 8.78 Å². The Hall–Kier alpha value is -0.480. The molecule has 1 aliphatic heterocycles. The van der Waals surface area contributed by atoms with Gasteiger partial charge in [0.15, 0.2) is 0 Å². The lowest BCUT2D eigenvalue weighted by atomic mass is 10.2. The summed E-state index contributed by atoms with van der Waals surface area (Å²) in [5, 5.41) is 0. The van der Waals surface area contributed by atoms with E-state index in [2.05, 4.69) is 15.9 Å². The van der Waals surface area contributed by atoms with Crippen molar-refractivity contribution in [3.05, 3.63) is 34.1 Å². The van der Waals surface area contributed by atoms with Crippen LogP contribution in [0.1, 0.15) is 12.0 Å². The highest BCUT2D eigenvalue weighted by molar-refractivity contribution is 9.10. The van der Waals surface area contributed by atoms with Gasteiger partial charge in [-0.3, -0.25) is 4.90 Å². The number of hydrogen-bond acceptors (Lipinski definition) is 1. The highest BCUT2D eigenvalue weighted by Crippen LogP contribution is 2.20. The molecule has 1 nitrogen and oxygen atoms in total. The lowest BCUT2D eigenvalue weighted by Gasteiger charge is -2.15. The van der Waals surface area contributed by atoms with Gasteiger partial charge in [0.05, 0.1) is 0 Å². The summed E-state index contributed by atoms with van der Waals surface area (Å²) in [6.07, 6.45) is -0.185. The molecule has 4 heteroatoms. The molecular weight excluding hydrogens is 264 g/mol. The second-order valence-electron chi connectivity index (χ2n) is 3.86. The van der Waals surface area contributed by atoms with Gasteiger partial charge in [0.1, 0.15) is 12.0 Å². The molecule has 15 heavy (non-hydrogen) atoms. The second-order valence-corrected chi connectivity index (χ2v) is 4.77. The molecule has 1 aliphatic rings. The Morgan fingerprint density at radius 2 is 2.27 bits per heavy atom. The van der Waals surface area contributed by atoms with Gasteiger partial charge in [-0.05, 0) is 24.6 Å². The smallest absolute Gasteiger partial charge is 0.127 e. The first kappa shape index (κ1) is 11.0. The van der Waals surface area contributed by atoms with Crippen LogP contribution in [0.15, 0.2) is 22.7 Å². The summed E-state index contributed by atoms with van der Waals surface area (Å²) >= 11 is 3.30. The number of halogens is 3. The fourth-order valence-corrected chi connectivity index (χ4v) is 2.24. The fourth-order valence-electron chi connectivity index (χ4n) is 1.83. The Morgan fingerprint density at radius 3 is 2.93 bits per heavy atom. The van der Waals surface area contributed by atoms with Crippen LogP contribution in [-0.4, -0.2) is 24.2 Å². The van der Waals surface area contributed by atoms with Gasteiger partial charge in [0, 0.05) is 29.7 Å². The Bertz CT molecular complexity index is 356. The second kappa shape index (κ2) is 4.58. The molecule has 0 aliphatic carbocycles. The molecule has 1 atom stereocenters. The SMILES string of the molecule is Fc1ccc(Br)cc1CN1CC[C@H](F)C1. The molecule has 0 aromatic heterocycles. The van der Waals surface area contributed by atoms with Gasteiger partial charge in [-0.2, -0.15) is 0 Å². The normalized spacial score (nSPS) is 22.2. The van der Waals surface area contributed by atoms with Crippen LogP contribution in [0.4, 0.5) is 8.78 Å². The molecule has 1 heterocycles. The predicted molar refractivity (Wildman–Crippen MR) is 58.9 cm³/mol. The van der Waals surface area contributed by atoms with E-state index in [1.54, 1.807) is 12.1 Å². The first-order chi connectivity index (χ1) is 7.15. The van der Waals surface area contributed by atoms with Crippen molar-refractivity contribution in [3.63, 3.8) is 0 Å². The molecule has 0 N–H and O–H groups in total. The van der Waals surface area contributed by atoms with E-state index >= 15 is 0 Å². The molecule has 0 saturated carbocycles. The first-order valence-corrected chi connectivity index (χ1v) is 5.75. The van der Waals surface area contributed by atoms with Gasteiger partial charge >= 0.3 is 0 Å². The van der Waals surface area contributed by atoms with Crippen LogP contribution >= 0.6 is 15.9 Å². The van der Waals surface area contributed by atoms with Crippen molar-refractivity contribution in [2.24, 2.45) is 0 Å². The van der Waals surface area contributed by atoms with Crippen LogP contribution in [-0.2, 0) is 6.54 Å². The predicted octanol–water partition coefficient (Wildman–Crippen LogP) is 3.13. The Labute approximate surface area is 96.2 Å². The van der Waals surface area contributed by atoms with Crippen molar-refractivity contribution in [2.75, 3.05) is 13.1 Å². The monoisotopic (exact) mass is 275 g/mol. The minimum Gasteiger partial charge on any atom is -0.296 e. The number of hydrogen-bond donors (Lipinski definition) is 0. The van der Waals surface area contributed by atoms with Crippen LogP contribution in [0.25, 0.3) is 0 Å². The maximum absolute atomic E-state index is 13.4. The summed E-state index contributed by atoms with van der Waals surface area (Å²) < 4.78 is 27.1. The van der Waals surface area contributed by atoms with Crippen molar-refractivity contribution in [1.29, 1.82) is 0 Å². The van der Waals surface area contributed by atoms with Crippen molar-refractivity contribution in [3.8, 4) is 0 Å². The highest BCUT2D eigenvalue weighted by atomic mass is 79.9. The average Bonchev–Trinajstić information content (AvgIpc) is 2.58. The van der Waals surface area contributed by atoms with Crippen molar-refractivity contribution in [1.82, 2.24) is 4.90 Å². The first-order valence-electron chi connectivity index (χ1n) is 4.95. The van der Waals surface area contributed by atoms with Crippen molar-refractivity contribution in [2.45, 2.75) is 19.1 Å². The van der Waals surface area contributed by atoms with E-state index in [1.165, 1.54) is 6.07 Å². The van der Waals surface area contributed by atoms with Gasteiger partial charge in [-0.15, -0.1) is 0 Å². The molecule has 0 unspecified atom stereocenters. The van der Waals surface area contributed by atoms with E-state index in [0.29, 0.717) is 31.6 Å². The van der Waals surface area contributed by atoms with Gasteiger partial charge in [-0.1, -0.05) is 15.9 Å². The number of nitrogens with zero attached hydrogens (tertiary/aromatic N) is 1. The van der Waals surface area contributed by atoms with Crippen LogP contribution in [0.3, 0.4) is 0 Å². The number of benzene rings is 1. The summed E-state index contributed by atoms with van der Waals surface area (Å²) in [7, 11) is 0. The Morgan fingerprint density at radius 1 is 1.47 bits per heavy atom. The molecule has 1 saturated heterocycles. The van der Waals surface area contributed by atoms with E-state index in [1.807, 2.05) is 4.90 Å². The third-order valence-corrected chi connectivity index (χ3v) is 3.11. The topological polar surface area (TPSA) is 3.24 Å². The standard InChI is InChI=1S/C11H12BrF2N/c12-9-1-2-11(14)8(5-9)6-15-4-3-10(13)7-15/h1-2,5,10H,3-4,6-7H2/t10-/m0/s1. The molecule has 82 valence electrons. The number of rotatable bonds is 2. The zero-order valence-corrected chi connectivity index (χ0v) is 9.80. The molecule has 1 aromatic rings. The van der Waals surface area contributed by atoms with Gasteiger partial charge in [0.25, 0.3) is 0 Å². The van der Waals surface area contributed by atoms with E-state index < -0.39 is 6.17 Å². The van der Waals surface area contributed by atoms with Gasteiger partial charge in [0.2, 0.25) is 0 Å². The van der Waals surface area contributed by atoms with Crippen LogP contribution in [0, 0.1) is 5.82 Å². The van der Waals surface area contributed by atoms with E-state index in [9.17, 15) is 8.78 Å². The summed E-state index contributed by atoms with van der Waals surface area (Å²) in [5.41, 5.74) is 0.624. The minimum absolute atomic E-state index is 0.222. The quantitative estimate of drug-likeness (QED) is 0.802. The highest BCUT2D eigenvalue weighted by Gasteiger charge is 2.22. The summed E-state index contributed by atoms with van der Waals surface area (Å²) in [5.74, 6) is -0.222. The lowest BCUT2D eigenvalue weighted by Crippen LogP contribution is -2.21. The summed E-state index contributed by atoms with van der Waals surface area (Å²) in [6, 6.07) is 4.85. The molecule has 0 amide bonds. The average molecular weight is 276 g/mol. The molecule has 1 aromatic carbocycles. The third-order valence-electron chi connectivity index (χ3n) is 2.62. The van der Waals surface area contributed by atoms with Crippen LogP contribution in [0.5, 0.6) is 0 Å². The van der Waals surface area contributed by atoms with Crippen LogP contribution in [0.2, 0.25) is 0 Å². The maximum atomic E-state index is 13.4.